The van der Waals surface area contributed by atoms with Crippen LogP contribution in [-0.2, 0) is 21.2 Å². The molecule has 0 bridgehead atoms. The topological polar surface area (TPSA) is 137 Å². The minimum absolute atomic E-state index is 0.0115. The molecule has 1 amide bonds. The normalized spacial score (nSPS) is 13.2. The zero-order chi connectivity index (χ0) is 28.4. The van der Waals surface area contributed by atoms with Crippen LogP contribution in [0.2, 0.25) is 0 Å². The number of thiophene rings is 1. The van der Waals surface area contributed by atoms with Gasteiger partial charge >= 0.3 is 5.97 Å². The molecule has 12 heteroatoms. The van der Waals surface area contributed by atoms with Crippen LogP contribution in [0.5, 0.6) is 23.0 Å². The molecular formula is C28H25NO9S2. The summed E-state index contributed by atoms with van der Waals surface area (Å²) in [5.74, 6) is -0.404. The van der Waals surface area contributed by atoms with E-state index in [1.54, 1.807) is 36.4 Å². The molecule has 2 heterocycles. The second kappa shape index (κ2) is 11.1. The molecule has 1 aromatic heterocycles. The number of sulfonamides is 1. The Morgan fingerprint density at radius 3 is 2.60 bits per heavy atom. The van der Waals surface area contributed by atoms with Crippen LogP contribution in [0.3, 0.4) is 0 Å². The number of benzene rings is 3. The molecule has 3 aromatic carbocycles. The number of carboxylic acids is 1. The van der Waals surface area contributed by atoms with Crippen LogP contribution in [0.25, 0.3) is 10.1 Å². The molecule has 1 aliphatic rings. The predicted molar refractivity (Wildman–Crippen MR) is 147 cm³/mol. The number of ether oxygens (including phenoxy) is 4. The van der Waals surface area contributed by atoms with Crippen LogP contribution in [0.15, 0.2) is 64.9 Å². The van der Waals surface area contributed by atoms with Gasteiger partial charge in [-0.1, -0.05) is 25.5 Å². The Kier molecular flexibility index (Phi) is 7.55. The zero-order valence-electron chi connectivity index (χ0n) is 21.5. The van der Waals surface area contributed by atoms with E-state index in [4.69, 9.17) is 18.9 Å². The lowest BCUT2D eigenvalue weighted by Gasteiger charge is -2.21. The molecule has 40 heavy (non-hydrogen) atoms. The summed E-state index contributed by atoms with van der Waals surface area (Å²) in [5, 5.41) is 10.0. The first kappa shape index (κ1) is 27.3. The van der Waals surface area contributed by atoms with Gasteiger partial charge in [0, 0.05) is 15.6 Å². The summed E-state index contributed by atoms with van der Waals surface area (Å²) in [6.07, 6.45) is -0.253. The van der Waals surface area contributed by atoms with Gasteiger partial charge in [-0.05, 0) is 60.5 Å². The molecule has 0 fully saturated rings. The average Bonchev–Trinajstić information content (AvgIpc) is 3.59. The lowest BCUT2D eigenvalue weighted by molar-refractivity contribution is -0.126. The van der Waals surface area contributed by atoms with Crippen molar-refractivity contribution in [2.45, 2.75) is 30.1 Å². The highest BCUT2D eigenvalue weighted by Gasteiger charge is 2.31. The van der Waals surface area contributed by atoms with Crippen LogP contribution in [0, 0.1) is 0 Å². The molecule has 4 aromatic rings. The van der Waals surface area contributed by atoms with Crippen molar-refractivity contribution < 1.29 is 42.1 Å². The lowest BCUT2D eigenvalue weighted by atomic mass is 10.0. The lowest BCUT2D eigenvalue weighted by Crippen LogP contribution is -2.36. The molecule has 0 saturated heterocycles. The maximum Gasteiger partial charge on any atom is 0.335 e. The third-order valence-electron chi connectivity index (χ3n) is 6.23. The minimum atomic E-state index is -4.29. The van der Waals surface area contributed by atoms with Crippen LogP contribution in [-0.4, -0.2) is 39.3 Å². The summed E-state index contributed by atoms with van der Waals surface area (Å²) in [7, 11) is -2.80. The summed E-state index contributed by atoms with van der Waals surface area (Å²) in [6, 6.07) is 15.7. The third kappa shape index (κ3) is 5.40. The fraction of sp³-hybridized carbons (Fsp3) is 0.214. The van der Waals surface area contributed by atoms with Crippen molar-refractivity contribution in [2.24, 2.45) is 0 Å². The summed E-state index contributed by atoms with van der Waals surface area (Å²) < 4.78 is 51.7. The van der Waals surface area contributed by atoms with Gasteiger partial charge in [0.05, 0.1) is 12.7 Å². The smallest absolute Gasteiger partial charge is 0.335 e. The Morgan fingerprint density at radius 1 is 1.05 bits per heavy atom. The number of hydrogen-bond acceptors (Lipinski definition) is 9. The molecule has 10 nitrogen and oxygen atoms in total. The highest BCUT2D eigenvalue weighted by molar-refractivity contribution is 7.92. The molecule has 0 radical (unpaired) electrons. The van der Waals surface area contributed by atoms with Crippen molar-refractivity contribution in [1.82, 2.24) is 4.72 Å². The Morgan fingerprint density at radius 2 is 1.85 bits per heavy atom. The maximum atomic E-state index is 13.6. The van der Waals surface area contributed by atoms with Crippen molar-refractivity contribution >= 4 is 43.3 Å². The largest absolute Gasteiger partial charge is 0.496 e. The number of hydrogen-bond donors (Lipinski definition) is 2. The minimum Gasteiger partial charge on any atom is -0.496 e. The number of aryl methyl sites for hydroxylation is 1. The first-order valence-corrected chi connectivity index (χ1v) is 14.6. The second-order valence-electron chi connectivity index (χ2n) is 8.90. The number of amides is 1. The number of aromatic carboxylic acids is 1. The van der Waals surface area contributed by atoms with Gasteiger partial charge in [0.25, 0.3) is 15.9 Å². The summed E-state index contributed by atoms with van der Waals surface area (Å²) in [4.78, 5) is 25.1. The van der Waals surface area contributed by atoms with Crippen molar-refractivity contribution in [2.75, 3.05) is 13.9 Å². The van der Waals surface area contributed by atoms with Crippen molar-refractivity contribution in [3.63, 3.8) is 0 Å². The SMILES string of the molecule is CCCc1cc(C(=O)O)ccc1OC(C(=O)NS(=O)(=O)c1cc2c(OC)cccc2s1)c1ccc2c(c1)OCO2. The van der Waals surface area contributed by atoms with Crippen LogP contribution < -0.4 is 23.7 Å². The number of carbonyl (C=O) groups is 2. The second-order valence-corrected chi connectivity index (χ2v) is 11.9. The van der Waals surface area contributed by atoms with Crippen molar-refractivity contribution in [1.29, 1.82) is 0 Å². The molecule has 5 rings (SSSR count). The highest BCUT2D eigenvalue weighted by atomic mass is 32.2. The Balaban J connectivity index is 1.51. The van der Waals surface area contributed by atoms with E-state index in [-0.39, 0.29) is 22.3 Å². The summed E-state index contributed by atoms with van der Waals surface area (Å²) >= 11 is 1.00. The zero-order valence-corrected chi connectivity index (χ0v) is 23.1. The Hall–Kier alpha value is -4.29. The van der Waals surface area contributed by atoms with Crippen LogP contribution in [0.4, 0.5) is 0 Å². The van der Waals surface area contributed by atoms with Gasteiger partial charge in [-0.3, -0.25) is 4.79 Å². The number of carbonyl (C=O) groups excluding carboxylic acids is 1. The number of nitrogens with one attached hydrogen (secondary N) is 1. The summed E-state index contributed by atoms with van der Waals surface area (Å²) in [6.45, 7) is 1.93. The van der Waals surface area contributed by atoms with E-state index < -0.39 is 28.0 Å². The van der Waals surface area contributed by atoms with Crippen LogP contribution in [0.1, 0.15) is 40.9 Å². The van der Waals surface area contributed by atoms with Gasteiger partial charge in [-0.2, -0.15) is 0 Å². The molecule has 1 aliphatic heterocycles. The number of fused-ring (bicyclic) bond motifs is 2. The highest BCUT2D eigenvalue weighted by Crippen LogP contribution is 2.37. The molecule has 0 spiro atoms. The first-order chi connectivity index (χ1) is 19.2. The maximum absolute atomic E-state index is 13.6. The van der Waals surface area contributed by atoms with Gasteiger partial charge in [0.1, 0.15) is 15.7 Å². The van der Waals surface area contributed by atoms with Gasteiger partial charge < -0.3 is 24.1 Å². The van der Waals surface area contributed by atoms with Gasteiger partial charge in [0.15, 0.2) is 11.5 Å². The van der Waals surface area contributed by atoms with E-state index in [0.717, 1.165) is 11.3 Å². The molecule has 1 atom stereocenters. The van der Waals surface area contributed by atoms with Crippen molar-refractivity contribution in [3.05, 3.63) is 77.4 Å². The van der Waals surface area contributed by atoms with E-state index in [0.29, 0.717) is 51.3 Å². The van der Waals surface area contributed by atoms with E-state index in [2.05, 4.69) is 4.72 Å². The molecule has 0 saturated carbocycles. The fourth-order valence-electron chi connectivity index (χ4n) is 4.33. The van der Waals surface area contributed by atoms with E-state index in [1.165, 1.54) is 31.4 Å². The molecule has 0 aliphatic carbocycles. The first-order valence-electron chi connectivity index (χ1n) is 12.3. The third-order valence-corrected chi connectivity index (χ3v) is 9.15. The summed E-state index contributed by atoms with van der Waals surface area (Å²) in [5.41, 5.74) is 0.961. The standard InChI is InChI=1S/C28H25NO9S2/c1-3-5-16-12-18(28(31)32)9-10-20(16)38-26(17-8-11-22-23(13-17)37-15-36-22)27(30)29-40(33,34)25-14-19-21(35-2)6-4-7-24(19)39-25/h4,6-14,26H,3,5,15H2,1-2H3,(H,29,30)(H,31,32). The Bertz CT molecular complexity index is 1710. The molecular weight excluding hydrogens is 558 g/mol. The van der Waals surface area contributed by atoms with Gasteiger partial charge in [-0.15, -0.1) is 11.3 Å². The average molecular weight is 584 g/mol. The van der Waals surface area contributed by atoms with Gasteiger partial charge in [0.2, 0.25) is 12.9 Å². The molecule has 208 valence electrons. The molecule has 1 unspecified atom stereocenters. The predicted octanol–water partition coefficient (Wildman–Crippen LogP) is 4.91. The molecule has 2 N–H and O–H groups in total. The van der Waals surface area contributed by atoms with Crippen LogP contribution >= 0.6 is 11.3 Å². The van der Waals surface area contributed by atoms with E-state index in [1.807, 2.05) is 6.92 Å². The van der Waals surface area contributed by atoms with E-state index >= 15 is 0 Å². The number of rotatable bonds is 10. The van der Waals surface area contributed by atoms with Crippen molar-refractivity contribution in [3.8, 4) is 23.0 Å². The fourth-order valence-corrected chi connectivity index (χ4v) is 6.71. The number of carboxylic acid groups (broad SMARTS) is 1. The number of methoxy groups -OCH3 is 1. The van der Waals surface area contributed by atoms with E-state index in [9.17, 15) is 23.1 Å². The monoisotopic (exact) mass is 583 g/mol. The Labute approximate surface area is 234 Å². The quantitative estimate of drug-likeness (QED) is 0.267. The van der Waals surface area contributed by atoms with Gasteiger partial charge in [-0.25, -0.2) is 17.9 Å².